The molecule has 1 fully saturated rings. The zero-order valence-corrected chi connectivity index (χ0v) is 43.3. The Hall–Kier alpha value is -4.76. The number of hydrogen-bond acceptors (Lipinski definition) is 10. The second-order valence-electron chi connectivity index (χ2n) is 20.6. The molecular weight excluding hydrogens is 851 g/mol. The smallest absolute Gasteiger partial charge is 0.408 e. The Kier molecular flexibility index (Phi) is 17.0. The first-order valence-corrected chi connectivity index (χ1v) is 25.9. The van der Waals surface area contributed by atoms with Gasteiger partial charge in [-0.15, -0.1) is 0 Å². The van der Waals surface area contributed by atoms with Crippen molar-refractivity contribution in [2.45, 2.75) is 163 Å². The molecule has 0 spiro atoms. The van der Waals surface area contributed by atoms with Crippen LogP contribution in [0.3, 0.4) is 0 Å². The Labute approximate surface area is 394 Å². The van der Waals surface area contributed by atoms with E-state index in [1.54, 1.807) is 34.1 Å². The summed E-state index contributed by atoms with van der Waals surface area (Å²) < 4.78 is 26.3. The minimum Gasteiger partial charge on any atom is -0.543 e. The summed E-state index contributed by atoms with van der Waals surface area (Å²) in [6.45, 7) is 28.2. The average molecular weight is 928 g/mol. The predicted octanol–water partition coefficient (Wildman–Crippen LogP) is 10.3. The van der Waals surface area contributed by atoms with Gasteiger partial charge in [-0.2, -0.15) is 0 Å². The maximum Gasteiger partial charge on any atom is 0.408 e. The molecule has 13 nitrogen and oxygen atoms in total. The molecule has 0 radical (unpaired) electrons. The fourth-order valence-corrected chi connectivity index (χ4v) is 15.1. The van der Waals surface area contributed by atoms with E-state index >= 15 is 0 Å². The number of carbonyl (C=O) groups is 3. The van der Waals surface area contributed by atoms with Crippen LogP contribution < -0.4 is 15.2 Å². The lowest BCUT2D eigenvalue weighted by atomic mass is 9.84. The maximum absolute atomic E-state index is 14.6. The van der Waals surface area contributed by atoms with Crippen LogP contribution in [-0.2, 0) is 43.2 Å². The van der Waals surface area contributed by atoms with Crippen molar-refractivity contribution in [3.63, 3.8) is 0 Å². The van der Waals surface area contributed by atoms with E-state index < -0.39 is 49.4 Å². The van der Waals surface area contributed by atoms with Gasteiger partial charge in [0.05, 0.1) is 24.6 Å². The zero-order valence-electron chi connectivity index (χ0n) is 42.3. The normalized spacial score (nSPS) is 15.9. The average Bonchev–Trinajstić information content (AvgIpc) is 3.57. The third-order valence-corrected chi connectivity index (χ3v) is 19.1. The second-order valence-corrected chi connectivity index (χ2v) is 26.0. The standard InChI is InChI=1S/C52H77N5O8Si/c1-16-56-45-22-21-37(29-41(45)42(30-52(12,13)31-58)47(56)40-19-17-23-53-46(40)35(8)62-14)38-25-36(26-39(28-38)65-66(32(2)3,33(4)5)34(6)7)27-44(54-50(61)64-51(9,10)11)48(59)57-24-18-20-43(55-57)49(60)63-15/h17,19,21-23,25-26,28-29,32-35,43-44,55,58H,16,18,20,24,27,30-31H2,1-15H3,(H,54,61)/t35?,43-,44?/m0/s1. The number of benzene rings is 2. The number of fused-ring (bicyclic) bond motifs is 1. The van der Waals surface area contributed by atoms with Crippen molar-refractivity contribution >= 4 is 37.2 Å². The number of rotatable bonds is 18. The van der Waals surface area contributed by atoms with E-state index in [9.17, 15) is 19.5 Å². The zero-order chi connectivity index (χ0) is 48.9. The van der Waals surface area contributed by atoms with E-state index in [1.807, 2.05) is 19.1 Å². The fourth-order valence-electron chi connectivity index (χ4n) is 9.90. The molecule has 2 unspecified atom stereocenters. The number of aromatic nitrogens is 2. The number of aliphatic hydroxyl groups is 1. The predicted molar refractivity (Wildman–Crippen MR) is 265 cm³/mol. The van der Waals surface area contributed by atoms with Gasteiger partial charge < -0.3 is 33.6 Å². The number of carbonyl (C=O) groups excluding carboxylic acids is 3. The van der Waals surface area contributed by atoms with Crippen LogP contribution in [0.2, 0.25) is 16.6 Å². The molecule has 3 N–H and O–H groups in total. The van der Waals surface area contributed by atoms with Crippen molar-refractivity contribution in [2.24, 2.45) is 5.41 Å². The maximum atomic E-state index is 14.6. The van der Waals surface area contributed by atoms with Crippen LogP contribution in [0.4, 0.5) is 4.79 Å². The number of hydrazine groups is 1. The number of nitrogens with one attached hydrogen (secondary N) is 2. The number of hydrogen-bond donors (Lipinski definition) is 3. The van der Waals surface area contributed by atoms with Crippen LogP contribution >= 0.6 is 0 Å². The lowest BCUT2D eigenvalue weighted by Gasteiger charge is -2.42. The summed E-state index contributed by atoms with van der Waals surface area (Å²) >= 11 is 0. The molecule has 2 aromatic carbocycles. The first kappa shape index (κ1) is 52.2. The van der Waals surface area contributed by atoms with Gasteiger partial charge in [-0.05, 0) is 135 Å². The number of amides is 2. The molecular formula is C52H77N5O8Si. The highest BCUT2D eigenvalue weighted by atomic mass is 28.4. The van der Waals surface area contributed by atoms with E-state index in [2.05, 4.69) is 114 Å². The Bertz CT molecular complexity index is 2310. The summed E-state index contributed by atoms with van der Waals surface area (Å²) in [4.78, 5) is 45.5. The molecule has 5 rings (SSSR count). The van der Waals surface area contributed by atoms with Gasteiger partial charge in [0.1, 0.15) is 23.4 Å². The van der Waals surface area contributed by atoms with Gasteiger partial charge >= 0.3 is 12.1 Å². The third-order valence-electron chi connectivity index (χ3n) is 13.1. The summed E-state index contributed by atoms with van der Waals surface area (Å²) in [6, 6.07) is 15.0. The number of aliphatic hydroxyl groups excluding tert-OH is 1. The second kappa shape index (κ2) is 21.5. The molecule has 0 aliphatic carbocycles. The summed E-state index contributed by atoms with van der Waals surface area (Å²) in [5.41, 5.74) is 10.3. The monoisotopic (exact) mass is 928 g/mol. The summed E-state index contributed by atoms with van der Waals surface area (Å²) in [6.07, 6.45) is 2.62. The van der Waals surface area contributed by atoms with Gasteiger partial charge in [0.2, 0.25) is 0 Å². The molecule has 66 heavy (non-hydrogen) atoms. The minimum absolute atomic E-state index is 0.00273. The summed E-state index contributed by atoms with van der Waals surface area (Å²) in [7, 11) is 0.531. The topological polar surface area (TPSA) is 153 Å². The quantitative estimate of drug-likeness (QED) is 0.0649. The Morgan fingerprint density at radius 2 is 1.62 bits per heavy atom. The van der Waals surface area contributed by atoms with Crippen molar-refractivity contribution in [3.8, 4) is 28.1 Å². The van der Waals surface area contributed by atoms with Gasteiger partial charge in [-0.1, -0.05) is 67.5 Å². The number of nitrogens with zero attached hydrogens (tertiary/aromatic N) is 3. The number of alkyl carbamates (subject to hydrolysis) is 1. The molecule has 3 atom stereocenters. The molecule has 1 saturated heterocycles. The van der Waals surface area contributed by atoms with E-state index in [0.717, 1.165) is 50.1 Å². The molecule has 2 aromatic heterocycles. The number of methoxy groups -OCH3 is 2. The highest BCUT2D eigenvalue weighted by molar-refractivity contribution is 6.78. The number of ether oxygens (including phenoxy) is 3. The fraction of sp³-hybridized carbons (Fsp3) is 0.577. The molecule has 3 heterocycles. The van der Waals surface area contributed by atoms with Crippen LogP contribution in [-0.4, -0.2) is 91.0 Å². The van der Waals surface area contributed by atoms with Crippen LogP contribution in [0.5, 0.6) is 5.75 Å². The molecule has 1 aliphatic heterocycles. The SMILES string of the molecule is CCn1c(-c2cccnc2C(C)OC)c(CC(C)(C)CO)c2cc(-c3cc(CC(NC(=O)OC(C)(C)C)C(=O)N4CCC[C@@H](C(=O)OC)N4)cc(O[Si](C(C)C)(C(C)C)C(C)C)c3)ccc21. The summed E-state index contributed by atoms with van der Waals surface area (Å²) in [5, 5.41) is 16.0. The van der Waals surface area contributed by atoms with E-state index in [4.69, 9.17) is 23.6 Å². The minimum atomic E-state index is -2.49. The van der Waals surface area contributed by atoms with Crippen molar-refractivity contribution in [1.82, 2.24) is 25.3 Å². The van der Waals surface area contributed by atoms with Crippen molar-refractivity contribution in [3.05, 3.63) is 71.5 Å². The van der Waals surface area contributed by atoms with Crippen molar-refractivity contribution in [1.29, 1.82) is 0 Å². The number of aryl methyl sites for hydroxylation is 1. The molecule has 362 valence electrons. The molecule has 14 heteroatoms. The molecule has 1 aliphatic rings. The van der Waals surface area contributed by atoms with E-state index in [0.29, 0.717) is 54.7 Å². The van der Waals surface area contributed by atoms with Gasteiger partial charge in [-0.25, -0.2) is 10.2 Å². The highest BCUT2D eigenvalue weighted by Gasteiger charge is 2.47. The number of esters is 1. The lowest BCUT2D eigenvalue weighted by molar-refractivity contribution is -0.150. The van der Waals surface area contributed by atoms with Gasteiger partial charge in [-0.3, -0.25) is 19.6 Å². The molecule has 4 aromatic rings. The van der Waals surface area contributed by atoms with Crippen LogP contribution in [0.15, 0.2) is 54.7 Å². The van der Waals surface area contributed by atoms with Crippen molar-refractivity contribution < 1.29 is 38.1 Å². The molecule has 0 saturated carbocycles. The summed E-state index contributed by atoms with van der Waals surface area (Å²) in [5.74, 6) is -0.155. The first-order chi connectivity index (χ1) is 31.0. The van der Waals surface area contributed by atoms with Crippen LogP contribution in [0.25, 0.3) is 33.3 Å². The van der Waals surface area contributed by atoms with Crippen LogP contribution in [0, 0.1) is 5.41 Å². The van der Waals surface area contributed by atoms with E-state index in [1.165, 1.54) is 12.1 Å². The van der Waals surface area contributed by atoms with E-state index in [-0.39, 0.29) is 19.1 Å². The van der Waals surface area contributed by atoms with Gasteiger partial charge in [0, 0.05) is 55.9 Å². The van der Waals surface area contributed by atoms with Crippen molar-refractivity contribution in [2.75, 3.05) is 27.4 Å². The Morgan fingerprint density at radius 3 is 2.21 bits per heavy atom. The number of pyridine rings is 1. The Morgan fingerprint density at radius 1 is 0.939 bits per heavy atom. The molecule has 0 bridgehead atoms. The highest BCUT2D eigenvalue weighted by Crippen LogP contribution is 2.45. The molecule has 2 amide bonds. The largest absolute Gasteiger partial charge is 0.543 e. The first-order valence-electron chi connectivity index (χ1n) is 23.7. The lowest BCUT2D eigenvalue weighted by Crippen LogP contribution is -2.60. The van der Waals surface area contributed by atoms with Gasteiger partial charge in [0.25, 0.3) is 14.2 Å². The van der Waals surface area contributed by atoms with Crippen LogP contribution in [0.1, 0.15) is 126 Å². The van der Waals surface area contributed by atoms with Gasteiger partial charge in [0.15, 0.2) is 0 Å². The third kappa shape index (κ3) is 11.7. The Balaban J connectivity index is 1.75.